The third-order valence-electron chi connectivity index (χ3n) is 1.78. The molecule has 0 aromatic carbocycles. The molecule has 0 amide bonds. The minimum atomic E-state index is -3.50. The fraction of sp³-hybridized carbons (Fsp3) is 1.00. The van der Waals surface area contributed by atoms with Gasteiger partial charge in [-0.1, -0.05) is 0 Å². The van der Waals surface area contributed by atoms with Gasteiger partial charge in [0.15, 0.2) is 0 Å². The van der Waals surface area contributed by atoms with E-state index in [1.54, 1.807) is 0 Å². The Morgan fingerprint density at radius 2 is 2.18 bits per heavy atom. The van der Waals surface area contributed by atoms with E-state index in [0.29, 0.717) is 19.0 Å². The molecule has 1 fully saturated rings. The fourth-order valence-electron chi connectivity index (χ4n) is 1.12. The summed E-state index contributed by atoms with van der Waals surface area (Å²) in [5.41, 5.74) is 0. The predicted octanol–water partition coefficient (Wildman–Crippen LogP) is 1.03. The van der Waals surface area contributed by atoms with Crippen LogP contribution in [0.15, 0.2) is 0 Å². The molecular formula is C5H9Cl2NO2S. The predicted molar refractivity (Wildman–Crippen MR) is 45.2 cm³/mol. The molecule has 0 aliphatic carbocycles. The van der Waals surface area contributed by atoms with Crippen molar-refractivity contribution in [3.8, 4) is 0 Å². The van der Waals surface area contributed by atoms with Gasteiger partial charge in [0.2, 0.25) is 0 Å². The molecule has 0 radical (unpaired) electrons. The molecular weight excluding hydrogens is 209 g/mol. The Hall–Kier alpha value is 0.490. The first-order valence-electron chi connectivity index (χ1n) is 3.29. The van der Waals surface area contributed by atoms with Crippen molar-refractivity contribution < 1.29 is 8.42 Å². The van der Waals surface area contributed by atoms with Gasteiger partial charge in [-0.15, -0.1) is 11.6 Å². The second kappa shape index (κ2) is 3.47. The van der Waals surface area contributed by atoms with Crippen LogP contribution in [-0.4, -0.2) is 31.7 Å². The van der Waals surface area contributed by atoms with Crippen molar-refractivity contribution in [2.45, 2.75) is 6.42 Å². The molecule has 1 aliphatic rings. The van der Waals surface area contributed by atoms with Crippen molar-refractivity contribution in [2.24, 2.45) is 5.92 Å². The monoisotopic (exact) mass is 217 g/mol. The van der Waals surface area contributed by atoms with Crippen LogP contribution in [0.3, 0.4) is 0 Å². The summed E-state index contributed by atoms with van der Waals surface area (Å²) in [7, 11) is 1.62. The van der Waals surface area contributed by atoms with Gasteiger partial charge in [0.1, 0.15) is 0 Å². The van der Waals surface area contributed by atoms with Crippen molar-refractivity contribution in [2.75, 3.05) is 19.0 Å². The van der Waals surface area contributed by atoms with Gasteiger partial charge < -0.3 is 0 Å². The Labute approximate surface area is 75.8 Å². The van der Waals surface area contributed by atoms with E-state index in [2.05, 4.69) is 0 Å². The van der Waals surface area contributed by atoms with Crippen molar-refractivity contribution >= 4 is 31.5 Å². The highest BCUT2D eigenvalue weighted by molar-refractivity contribution is 8.11. The highest BCUT2D eigenvalue weighted by Crippen LogP contribution is 2.21. The topological polar surface area (TPSA) is 37.4 Å². The van der Waals surface area contributed by atoms with Gasteiger partial charge in [-0.25, -0.2) is 0 Å². The van der Waals surface area contributed by atoms with Crippen LogP contribution in [-0.2, 0) is 9.24 Å². The lowest BCUT2D eigenvalue weighted by molar-refractivity contribution is 0.478. The zero-order valence-corrected chi connectivity index (χ0v) is 8.16. The van der Waals surface area contributed by atoms with E-state index in [0.717, 1.165) is 6.42 Å². The summed E-state index contributed by atoms with van der Waals surface area (Å²) < 4.78 is 22.7. The lowest BCUT2D eigenvalue weighted by Gasteiger charge is -2.09. The fourth-order valence-corrected chi connectivity index (χ4v) is 2.46. The lowest BCUT2D eigenvalue weighted by atomic mass is 10.2. The average molecular weight is 218 g/mol. The van der Waals surface area contributed by atoms with Gasteiger partial charge in [-0.2, -0.15) is 12.7 Å². The summed E-state index contributed by atoms with van der Waals surface area (Å²) in [6.45, 7) is 0.971. The molecule has 0 aromatic heterocycles. The van der Waals surface area contributed by atoms with Crippen molar-refractivity contribution in [1.29, 1.82) is 0 Å². The molecule has 0 aromatic rings. The number of nitrogens with zero attached hydrogens (tertiary/aromatic N) is 1. The first kappa shape index (κ1) is 9.58. The van der Waals surface area contributed by atoms with Gasteiger partial charge in [-0.05, 0) is 12.3 Å². The van der Waals surface area contributed by atoms with Crippen LogP contribution in [0.25, 0.3) is 0 Å². The molecule has 1 saturated heterocycles. The van der Waals surface area contributed by atoms with E-state index in [9.17, 15) is 8.42 Å². The van der Waals surface area contributed by atoms with Crippen molar-refractivity contribution in [3.05, 3.63) is 0 Å². The molecule has 0 unspecified atom stereocenters. The molecule has 6 heteroatoms. The number of hydrogen-bond acceptors (Lipinski definition) is 2. The molecule has 66 valence electrons. The standard InChI is InChI=1S/C5H9Cl2NO2S/c6-3-5-1-2-8(4-5)11(7,9)10/h5H,1-4H2/t5-/m0/s1. The summed E-state index contributed by atoms with van der Waals surface area (Å²) in [5.74, 6) is 0.772. The van der Waals surface area contributed by atoms with Crippen molar-refractivity contribution in [1.82, 2.24) is 4.31 Å². The van der Waals surface area contributed by atoms with E-state index in [-0.39, 0.29) is 5.92 Å². The van der Waals surface area contributed by atoms with Gasteiger partial charge in [-0.3, -0.25) is 0 Å². The molecule has 1 heterocycles. The SMILES string of the molecule is O=S(=O)(Cl)N1CC[C@@H](CCl)C1. The highest BCUT2D eigenvalue weighted by atomic mass is 35.7. The molecule has 1 rings (SSSR count). The zero-order valence-electron chi connectivity index (χ0n) is 5.83. The molecule has 11 heavy (non-hydrogen) atoms. The minimum Gasteiger partial charge on any atom is -0.195 e. The number of rotatable bonds is 2. The summed E-state index contributed by atoms with van der Waals surface area (Å²) in [6.07, 6.45) is 0.815. The van der Waals surface area contributed by atoms with Crippen LogP contribution < -0.4 is 0 Å². The molecule has 0 saturated carbocycles. The van der Waals surface area contributed by atoms with Crippen molar-refractivity contribution in [3.63, 3.8) is 0 Å². The van der Waals surface area contributed by atoms with Gasteiger partial charge in [0.25, 0.3) is 9.24 Å². The normalized spacial score (nSPS) is 27.6. The third-order valence-corrected chi connectivity index (χ3v) is 3.75. The van der Waals surface area contributed by atoms with Gasteiger partial charge in [0, 0.05) is 29.7 Å². The van der Waals surface area contributed by atoms with E-state index in [1.807, 2.05) is 0 Å². The van der Waals surface area contributed by atoms with Crippen LogP contribution >= 0.6 is 22.3 Å². The second-order valence-electron chi connectivity index (χ2n) is 2.61. The van der Waals surface area contributed by atoms with E-state index in [4.69, 9.17) is 22.3 Å². The van der Waals surface area contributed by atoms with E-state index in [1.165, 1.54) is 4.31 Å². The number of alkyl halides is 1. The summed E-state index contributed by atoms with van der Waals surface area (Å²) in [6, 6.07) is 0. The molecule has 1 atom stereocenters. The van der Waals surface area contributed by atoms with Gasteiger partial charge in [0.05, 0.1) is 0 Å². The Morgan fingerprint density at radius 3 is 2.45 bits per heavy atom. The average Bonchev–Trinajstić information content (AvgIpc) is 2.32. The Bertz CT molecular complexity index is 229. The molecule has 0 spiro atoms. The van der Waals surface area contributed by atoms with E-state index >= 15 is 0 Å². The minimum absolute atomic E-state index is 0.269. The van der Waals surface area contributed by atoms with Crippen LogP contribution in [0.4, 0.5) is 0 Å². The highest BCUT2D eigenvalue weighted by Gasteiger charge is 2.29. The third kappa shape index (κ3) is 2.47. The Kier molecular flexibility index (Phi) is 3.02. The van der Waals surface area contributed by atoms with E-state index < -0.39 is 9.24 Å². The summed E-state index contributed by atoms with van der Waals surface area (Å²) in [4.78, 5) is 0. The summed E-state index contributed by atoms with van der Waals surface area (Å²) >= 11 is 5.56. The molecule has 0 N–H and O–H groups in total. The molecule has 3 nitrogen and oxygen atoms in total. The first-order valence-corrected chi connectivity index (χ1v) is 6.10. The zero-order chi connectivity index (χ0) is 8.48. The quantitative estimate of drug-likeness (QED) is 0.512. The smallest absolute Gasteiger partial charge is 0.195 e. The lowest BCUT2D eigenvalue weighted by Crippen LogP contribution is -2.24. The van der Waals surface area contributed by atoms with Crippen LogP contribution in [0.2, 0.25) is 0 Å². The Balaban J connectivity index is 2.55. The molecule has 0 bridgehead atoms. The van der Waals surface area contributed by atoms with Crippen LogP contribution in [0, 0.1) is 5.92 Å². The Morgan fingerprint density at radius 1 is 1.55 bits per heavy atom. The molecule has 1 aliphatic heterocycles. The van der Waals surface area contributed by atoms with Crippen LogP contribution in [0.1, 0.15) is 6.42 Å². The maximum Gasteiger partial charge on any atom is 0.299 e. The van der Waals surface area contributed by atoms with Gasteiger partial charge >= 0.3 is 0 Å². The largest absolute Gasteiger partial charge is 0.299 e. The number of halogens is 2. The summed E-state index contributed by atoms with van der Waals surface area (Å²) in [5, 5.41) is 0. The maximum atomic E-state index is 10.7. The number of hydrogen-bond donors (Lipinski definition) is 0. The van der Waals surface area contributed by atoms with Crippen LogP contribution in [0.5, 0.6) is 0 Å². The maximum absolute atomic E-state index is 10.7. The first-order chi connectivity index (χ1) is 5.04. The second-order valence-corrected chi connectivity index (χ2v) is 5.43.